The van der Waals surface area contributed by atoms with Crippen LogP contribution in [0.1, 0.15) is 0 Å². The molecular formula is C13H9ClN2O2. The van der Waals surface area contributed by atoms with Crippen molar-refractivity contribution in [1.29, 1.82) is 0 Å². The molecule has 0 unspecified atom stereocenters. The van der Waals surface area contributed by atoms with Crippen LogP contribution in [0, 0.1) is 0 Å². The number of phenols is 1. The average molecular weight is 261 g/mol. The van der Waals surface area contributed by atoms with E-state index in [1.54, 1.807) is 24.3 Å². The highest BCUT2D eigenvalue weighted by Gasteiger charge is 2.10. The summed E-state index contributed by atoms with van der Waals surface area (Å²) in [4.78, 5) is 14.7. The number of hydrogen-bond donors (Lipinski definition) is 2. The van der Waals surface area contributed by atoms with Crippen molar-refractivity contribution in [2.24, 2.45) is 0 Å². The second-order valence-electron chi connectivity index (χ2n) is 3.92. The van der Waals surface area contributed by atoms with Crippen LogP contribution in [0.3, 0.4) is 0 Å². The summed E-state index contributed by atoms with van der Waals surface area (Å²) < 4.78 is 1.51. The molecule has 2 aromatic carbocycles. The Morgan fingerprint density at radius 3 is 2.56 bits per heavy atom. The molecule has 90 valence electrons. The first-order valence-corrected chi connectivity index (χ1v) is 5.73. The van der Waals surface area contributed by atoms with Crippen molar-refractivity contribution >= 4 is 22.6 Å². The van der Waals surface area contributed by atoms with E-state index in [-0.39, 0.29) is 11.4 Å². The Morgan fingerprint density at radius 2 is 1.83 bits per heavy atom. The second-order valence-corrected chi connectivity index (χ2v) is 4.32. The number of hydrogen-bond acceptors (Lipinski definition) is 2. The summed E-state index contributed by atoms with van der Waals surface area (Å²) in [6.07, 6.45) is 0. The number of aromatic amines is 1. The summed E-state index contributed by atoms with van der Waals surface area (Å²) in [5, 5.41) is 9.77. The molecule has 0 aliphatic heterocycles. The number of halogens is 1. The van der Waals surface area contributed by atoms with Crippen molar-refractivity contribution < 1.29 is 5.11 Å². The van der Waals surface area contributed by atoms with Gasteiger partial charge in [0, 0.05) is 0 Å². The van der Waals surface area contributed by atoms with E-state index in [0.717, 1.165) is 0 Å². The zero-order chi connectivity index (χ0) is 12.7. The number of imidazole rings is 1. The highest BCUT2D eigenvalue weighted by atomic mass is 35.5. The predicted octanol–water partition coefficient (Wildman–Crippen LogP) is 2.68. The van der Waals surface area contributed by atoms with Crippen LogP contribution in [0.25, 0.3) is 16.7 Å². The minimum atomic E-state index is -0.260. The lowest BCUT2D eigenvalue weighted by molar-refractivity contribution is 0.475. The van der Waals surface area contributed by atoms with Gasteiger partial charge in [-0.2, -0.15) is 0 Å². The first-order valence-electron chi connectivity index (χ1n) is 5.35. The maximum atomic E-state index is 12.0. The number of rotatable bonds is 1. The van der Waals surface area contributed by atoms with Crippen molar-refractivity contribution in [3.05, 3.63) is 58.0 Å². The Bertz CT molecular complexity index is 772. The number of aromatic hydroxyl groups is 1. The lowest BCUT2D eigenvalue weighted by Gasteiger charge is -2.03. The lowest BCUT2D eigenvalue weighted by Crippen LogP contribution is -2.14. The number of H-pyrrole nitrogens is 1. The Kier molecular flexibility index (Phi) is 2.38. The molecule has 3 rings (SSSR count). The number of benzene rings is 2. The van der Waals surface area contributed by atoms with Crippen LogP contribution in [0.2, 0.25) is 5.02 Å². The van der Waals surface area contributed by atoms with Crippen molar-refractivity contribution in [2.75, 3.05) is 0 Å². The van der Waals surface area contributed by atoms with Crippen LogP contribution in [-0.2, 0) is 0 Å². The van der Waals surface area contributed by atoms with Gasteiger partial charge in [0.1, 0.15) is 5.75 Å². The molecule has 0 atom stereocenters. The first-order chi connectivity index (χ1) is 8.66. The summed E-state index contributed by atoms with van der Waals surface area (Å²) in [6.45, 7) is 0. The summed E-state index contributed by atoms with van der Waals surface area (Å²) >= 11 is 6.03. The van der Waals surface area contributed by atoms with Crippen LogP contribution in [-0.4, -0.2) is 14.7 Å². The monoisotopic (exact) mass is 260 g/mol. The lowest BCUT2D eigenvalue weighted by atomic mass is 10.2. The molecule has 0 aliphatic carbocycles. The zero-order valence-electron chi connectivity index (χ0n) is 9.22. The maximum Gasteiger partial charge on any atom is 0.331 e. The molecule has 1 heterocycles. The molecule has 0 saturated carbocycles. The van der Waals surface area contributed by atoms with Crippen LogP contribution in [0.4, 0.5) is 0 Å². The molecule has 3 aromatic rings. The van der Waals surface area contributed by atoms with Crippen molar-refractivity contribution in [1.82, 2.24) is 9.55 Å². The van der Waals surface area contributed by atoms with Crippen molar-refractivity contribution in [2.45, 2.75) is 0 Å². The summed E-state index contributed by atoms with van der Waals surface area (Å²) in [5.41, 5.74) is 1.73. The quantitative estimate of drug-likeness (QED) is 0.707. The third-order valence-corrected chi connectivity index (χ3v) is 3.09. The van der Waals surface area contributed by atoms with Gasteiger partial charge >= 0.3 is 5.69 Å². The minimum absolute atomic E-state index is 0.157. The fourth-order valence-corrected chi connectivity index (χ4v) is 2.17. The SMILES string of the molecule is O=c1[nH]c2c(Cl)cccc2n1-c1ccc(O)cc1. The molecule has 0 aliphatic rings. The first kappa shape index (κ1) is 10.9. The third kappa shape index (κ3) is 1.58. The number of para-hydroxylation sites is 1. The van der Waals surface area contributed by atoms with E-state index in [4.69, 9.17) is 11.6 Å². The molecule has 0 fully saturated rings. The fourth-order valence-electron chi connectivity index (χ4n) is 1.95. The van der Waals surface area contributed by atoms with E-state index < -0.39 is 0 Å². The Labute approximate surface area is 107 Å². The molecule has 18 heavy (non-hydrogen) atoms. The molecule has 0 spiro atoms. The summed E-state index contributed by atoms with van der Waals surface area (Å²) in [7, 11) is 0. The highest BCUT2D eigenvalue weighted by Crippen LogP contribution is 2.23. The molecule has 4 nitrogen and oxygen atoms in total. The molecule has 1 aromatic heterocycles. The number of nitrogens with one attached hydrogen (secondary N) is 1. The molecule has 0 saturated heterocycles. The van der Waals surface area contributed by atoms with Gasteiger partial charge in [-0.05, 0) is 36.4 Å². The number of phenolic OH excluding ortho intramolecular Hbond substituents is 1. The Balaban J connectivity index is 2.35. The number of aromatic nitrogens is 2. The Morgan fingerprint density at radius 1 is 1.11 bits per heavy atom. The average Bonchev–Trinajstić information content (AvgIpc) is 2.69. The van der Waals surface area contributed by atoms with Crippen LogP contribution in [0.5, 0.6) is 5.75 Å². The van der Waals surface area contributed by atoms with Gasteiger partial charge in [0.15, 0.2) is 0 Å². The molecule has 0 bridgehead atoms. The number of fused-ring (bicyclic) bond motifs is 1. The van der Waals surface area contributed by atoms with E-state index in [1.165, 1.54) is 16.7 Å². The molecule has 0 radical (unpaired) electrons. The van der Waals surface area contributed by atoms with E-state index >= 15 is 0 Å². The molecule has 2 N–H and O–H groups in total. The van der Waals surface area contributed by atoms with E-state index in [0.29, 0.717) is 21.7 Å². The van der Waals surface area contributed by atoms with Crippen LogP contribution >= 0.6 is 11.6 Å². The van der Waals surface area contributed by atoms with Gasteiger partial charge in [-0.3, -0.25) is 4.57 Å². The van der Waals surface area contributed by atoms with Gasteiger partial charge in [-0.15, -0.1) is 0 Å². The van der Waals surface area contributed by atoms with Gasteiger partial charge in [-0.1, -0.05) is 17.7 Å². The molecule has 0 amide bonds. The molecular weight excluding hydrogens is 252 g/mol. The van der Waals surface area contributed by atoms with Gasteiger partial charge in [0.25, 0.3) is 0 Å². The normalized spacial score (nSPS) is 10.9. The topological polar surface area (TPSA) is 58.0 Å². The Hall–Kier alpha value is -2.20. The van der Waals surface area contributed by atoms with Gasteiger partial charge in [0.2, 0.25) is 0 Å². The largest absolute Gasteiger partial charge is 0.508 e. The zero-order valence-corrected chi connectivity index (χ0v) is 9.98. The van der Waals surface area contributed by atoms with E-state index in [9.17, 15) is 9.90 Å². The third-order valence-electron chi connectivity index (χ3n) is 2.78. The standard InChI is InChI=1S/C13H9ClN2O2/c14-10-2-1-3-11-12(10)15-13(18)16(11)8-4-6-9(17)7-5-8/h1-7,17H,(H,15,18). The van der Waals surface area contributed by atoms with Crippen molar-refractivity contribution in [3.8, 4) is 11.4 Å². The molecule has 5 heteroatoms. The maximum absolute atomic E-state index is 12.0. The van der Waals surface area contributed by atoms with Gasteiger partial charge in [-0.25, -0.2) is 4.79 Å². The fraction of sp³-hybridized carbons (Fsp3) is 0. The summed E-state index contributed by atoms with van der Waals surface area (Å²) in [5.74, 6) is 0.157. The van der Waals surface area contributed by atoms with Crippen molar-refractivity contribution in [3.63, 3.8) is 0 Å². The van der Waals surface area contributed by atoms with Crippen LogP contribution < -0.4 is 5.69 Å². The minimum Gasteiger partial charge on any atom is -0.508 e. The van der Waals surface area contributed by atoms with Gasteiger partial charge < -0.3 is 10.1 Å². The van der Waals surface area contributed by atoms with E-state index in [1.807, 2.05) is 6.07 Å². The predicted molar refractivity (Wildman–Crippen MR) is 70.6 cm³/mol. The number of nitrogens with zero attached hydrogens (tertiary/aromatic N) is 1. The second kappa shape index (κ2) is 3.92. The van der Waals surface area contributed by atoms with E-state index in [2.05, 4.69) is 4.98 Å². The van der Waals surface area contributed by atoms with Crippen LogP contribution in [0.15, 0.2) is 47.3 Å². The smallest absolute Gasteiger partial charge is 0.331 e. The summed E-state index contributed by atoms with van der Waals surface area (Å²) in [6, 6.07) is 11.7. The van der Waals surface area contributed by atoms with Gasteiger partial charge in [0.05, 0.1) is 21.7 Å². The highest BCUT2D eigenvalue weighted by molar-refractivity contribution is 6.34.